The molecular weight excluding hydrogens is 407 g/mol. The van der Waals surface area contributed by atoms with Gasteiger partial charge in [0, 0.05) is 25.6 Å². The highest BCUT2D eigenvalue weighted by atomic mass is 19.1. The van der Waals surface area contributed by atoms with Gasteiger partial charge in [-0.3, -0.25) is 4.79 Å². The number of likely N-dealkylation sites (tertiary alicyclic amines) is 1. The van der Waals surface area contributed by atoms with E-state index >= 15 is 4.39 Å². The van der Waals surface area contributed by atoms with Gasteiger partial charge in [-0.05, 0) is 73.1 Å². The monoisotopic (exact) mass is 434 g/mol. The van der Waals surface area contributed by atoms with Crippen molar-refractivity contribution in [2.75, 3.05) is 20.2 Å². The van der Waals surface area contributed by atoms with Crippen molar-refractivity contribution in [2.24, 2.45) is 11.8 Å². The maximum absolute atomic E-state index is 15.1. The number of amides is 1. The summed E-state index contributed by atoms with van der Waals surface area (Å²) in [6.45, 7) is 4.21. The van der Waals surface area contributed by atoms with Gasteiger partial charge in [0.1, 0.15) is 17.9 Å². The number of carbonyl (C=O) groups is 1. The summed E-state index contributed by atoms with van der Waals surface area (Å²) in [6.07, 6.45) is 4.66. The first kappa shape index (κ1) is 20.7. The number of hydrogen-bond acceptors (Lipinski definition) is 4. The van der Waals surface area contributed by atoms with E-state index < -0.39 is 0 Å². The minimum Gasteiger partial charge on any atom is -0.496 e. The van der Waals surface area contributed by atoms with E-state index in [0.717, 1.165) is 54.8 Å². The number of aromatic nitrogens is 3. The van der Waals surface area contributed by atoms with Crippen LogP contribution in [0, 0.1) is 24.6 Å². The second-order valence-electron chi connectivity index (χ2n) is 8.90. The largest absolute Gasteiger partial charge is 0.496 e. The molecule has 1 unspecified atom stereocenters. The molecule has 1 aliphatic carbocycles. The van der Waals surface area contributed by atoms with Crippen LogP contribution < -0.4 is 4.74 Å². The highest BCUT2D eigenvalue weighted by Gasteiger charge is 2.36. The topological polar surface area (TPSA) is 60.3 Å². The van der Waals surface area contributed by atoms with Gasteiger partial charge in [0.05, 0.1) is 12.7 Å². The number of methoxy groups -OCH3 is 1. The van der Waals surface area contributed by atoms with Gasteiger partial charge in [0.25, 0.3) is 0 Å². The minimum absolute atomic E-state index is 0.251. The van der Waals surface area contributed by atoms with Gasteiger partial charge in [0.15, 0.2) is 5.82 Å². The summed E-state index contributed by atoms with van der Waals surface area (Å²) in [5.41, 5.74) is 3.16. The van der Waals surface area contributed by atoms with E-state index in [9.17, 15) is 4.79 Å². The maximum atomic E-state index is 15.1. The van der Waals surface area contributed by atoms with Crippen molar-refractivity contribution in [1.29, 1.82) is 0 Å². The zero-order chi connectivity index (χ0) is 22.2. The summed E-state index contributed by atoms with van der Waals surface area (Å²) in [5.74, 6) is 1.88. The van der Waals surface area contributed by atoms with Gasteiger partial charge in [0.2, 0.25) is 5.91 Å². The number of carbonyl (C=O) groups excluding carboxylic acids is 1. The average Bonchev–Trinajstić information content (AvgIpc) is 3.38. The lowest BCUT2D eigenvalue weighted by atomic mass is 10.0. The molecule has 2 fully saturated rings. The van der Waals surface area contributed by atoms with Crippen LogP contribution in [-0.2, 0) is 11.3 Å². The van der Waals surface area contributed by atoms with E-state index in [2.05, 4.69) is 10.2 Å². The summed E-state index contributed by atoms with van der Waals surface area (Å²) in [7, 11) is 1.64. The first-order valence-electron chi connectivity index (χ1n) is 11.1. The Kier molecular flexibility index (Phi) is 5.41. The van der Waals surface area contributed by atoms with Crippen molar-refractivity contribution in [3.63, 3.8) is 0 Å². The van der Waals surface area contributed by atoms with Gasteiger partial charge in [-0.15, -0.1) is 10.2 Å². The third-order valence-electron chi connectivity index (χ3n) is 6.53. The quantitative estimate of drug-likeness (QED) is 0.580. The third kappa shape index (κ3) is 3.99. The fourth-order valence-electron chi connectivity index (χ4n) is 4.58. The molecule has 1 aliphatic heterocycles. The van der Waals surface area contributed by atoms with Crippen molar-refractivity contribution >= 4 is 5.91 Å². The van der Waals surface area contributed by atoms with Gasteiger partial charge in [-0.1, -0.05) is 12.1 Å². The van der Waals surface area contributed by atoms with Crippen molar-refractivity contribution < 1.29 is 13.9 Å². The molecule has 0 N–H and O–H groups in total. The van der Waals surface area contributed by atoms with Crippen LogP contribution in [0.4, 0.5) is 4.39 Å². The Balaban J connectivity index is 1.33. The molecule has 0 bridgehead atoms. The summed E-state index contributed by atoms with van der Waals surface area (Å²) in [5, 5.41) is 8.23. The molecule has 166 valence electrons. The SMILES string of the molecule is COc1ccc(-c2ccc(-c3nncn3CC3CCN(C(=O)C4CC4)C3)c(F)c2)cc1C. The molecule has 0 radical (unpaired) electrons. The molecule has 2 heterocycles. The third-order valence-corrected chi connectivity index (χ3v) is 6.53. The Morgan fingerprint density at radius 2 is 1.94 bits per heavy atom. The molecule has 6 nitrogen and oxygen atoms in total. The summed E-state index contributed by atoms with van der Waals surface area (Å²) in [6, 6.07) is 11.0. The smallest absolute Gasteiger partial charge is 0.225 e. The molecule has 32 heavy (non-hydrogen) atoms. The standard InChI is InChI=1S/C25H27FN4O2/c1-16-11-19(6-8-23(16)32-2)20-5-7-21(22(26)12-20)24-28-27-15-30(24)14-17-9-10-29(13-17)25(31)18-3-4-18/h5-8,11-12,15,17-18H,3-4,9-10,13-14H2,1-2H3. The van der Waals surface area contributed by atoms with E-state index in [1.54, 1.807) is 25.6 Å². The number of ether oxygens (including phenoxy) is 1. The van der Waals surface area contributed by atoms with E-state index in [0.29, 0.717) is 29.8 Å². The van der Waals surface area contributed by atoms with Gasteiger partial charge in [-0.25, -0.2) is 4.39 Å². The molecule has 3 aromatic rings. The minimum atomic E-state index is -0.331. The Morgan fingerprint density at radius 3 is 2.66 bits per heavy atom. The van der Waals surface area contributed by atoms with Gasteiger partial charge < -0.3 is 14.2 Å². The number of hydrogen-bond donors (Lipinski definition) is 0. The first-order valence-corrected chi connectivity index (χ1v) is 11.1. The average molecular weight is 435 g/mol. The Labute approximate surface area is 187 Å². The fourth-order valence-corrected chi connectivity index (χ4v) is 4.58. The predicted octanol–water partition coefficient (Wildman–Crippen LogP) is 4.33. The number of rotatable bonds is 6. The van der Waals surface area contributed by atoms with Crippen LogP contribution in [0.1, 0.15) is 24.8 Å². The Morgan fingerprint density at radius 1 is 1.16 bits per heavy atom. The molecular formula is C25H27FN4O2. The summed E-state index contributed by atoms with van der Waals surface area (Å²) in [4.78, 5) is 14.3. The number of nitrogens with zero attached hydrogens (tertiary/aromatic N) is 4. The zero-order valence-corrected chi connectivity index (χ0v) is 18.4. The molecule has 2 aliphatic rings. The highest BCUT2D eigenvalue weighted by Crippen LogP contribution is 2.34. The van der Waals surface area contributed by atoms with Crippen LogP contribution in [0.25, 0.3) is 22.5 Å². The van der Waals surface area contributed by atoms with E-state index in [1.807, 2.05) is 40.7 Å². The number of benzene rings is 2. The molecule has 2 aromatic carbocycles. The van der Waals surface area contributed by atoms with Crippen LogP contribution in [0.2, 0.25) is 0 Å². The lowest BCUT2D eigenvalue weighted by molar-refractivity contribution is -0.131. The fraction of sp³-hybridized carbons (Fsp3) is 0.400. The van der Waals surface area contributed by atoms with Crippen LogP contribution in [0.15, 0.2) is 42.7 Å². The van der Waals surface area contributed by atoms with Crippen LogP contribution in [0.5, 0.6) is 5.75 Å². The second kappa shape index (κ2) is 8.37. The van der Waals surface area contributed by atoms with Crippen LogP contribution in [-0.4, -0.2) is 45.8 Å². The van der Waals surface area contributed by atoms with Crippen molar-refractivity contribution in [2.45, 2.75) is 32.7 Å². The Bertz CT molecular complexity index is 1150. The van der Waals surface area contributed by atoms with Crippen LogP contribution >= 0.6 is 0 Å². The molecule has 1 saturated heterocycles. The molecule has 0 spiro atoms. The highest BCUT2D eigenvalue weighted by molar-refractivity contribution is 5.81. The lowest BCUT2D eigenvalue weighted by Gasteiger charge is -2.17. The predicted molar refractivity (Wildman–Crippen MR) is 120 cm³/mol. The van der Waals surface area contributed by atoms with E-state index in [-0.39, 0.29) is 11.7 Å². The van der Waals surface area contributed by atoms with Gasteiger partial charge >= 0.3 is 0 Å². The first-order chi connectivity index (χ1) is 15.5. The lowest BCUT2D eigenvalue weighted by Crippen LogP contribution is -2.30. The molecule has 1 atom stereocenters. The Hall–Kier alpha value is -3.22. The number of aryl methyl sites for hydroxylation is 1. The van der Waals surface area contributed by atoms with E-state index in [4.69, 9.17) is 4.74 Å². The molecule has 1 saturated carbocycles. The number of halogens is 1. The normalized spacial score (nSPS) is 18.2. The summed E-state index contributed by atoms with van der Waals surface area (Å²) >= 11 is 0. The van der Waals surface area contributed by atoms with Gasteiger partial charge in [-0.2, -0.15) is 0 Å². The van der Waals surface area contributed by atoms with Crippen molar-refractivity contribution in [3.05, 3.63) is 54.1 Å². The van der Waals surface area contributed by atoms with E-state index in [1.165, 1.54) is 0 Å². The molecule has 1 aromatic heterocycles. The van der Waals surface area contributed by atoms with Crippen LogP contribution in [0.3, 0.4) is 0 Å². The second-order valence-corrected chi connectivity index (χ2v) is 8.90. The molecule has 1 amide bonds. The van der Waals surface area contributed by atoms with Crippen molar-refractivity contribution in [3.8, 4) is 28.3 Å². The summed E-state index contributed by atoms with van der Waals surface area (Å²) < 4.78 is 22.4. The maximum Gasteiger partial charge on any atom is 0.225 e. The van der Waals surface area contributed by atoms with Crippen molar-refractivity contribution in [1.82, 2.24) is 19.7 Å². The molecule has 7 heteroatoms. The zero-order valence-electron chi connectivity index (χ0n) is 18.4. The molecule has 5 rings (SSSR count).